The Morgan fingerprint density at radius 1 is 1.00 bits per heavy atom. The van der Waals surface area contributed by atoms with Gasteiger partial charge in [0.05, 0.1) is 0 Å². The Morgan fingerprint density at radius 3 is 2.59 bits per heavy atom. The minimum absolute atomic E-state index is 0.0297. The normalized spacial score (nSPS) is 20.7. The summed E-state index contributed by atoms with van der Waals surface area (Å²) in [6, 6.07) is 7.69. The van der Waals surface area contributed by atoms with E-state index in [9.17, 15) is 13.6 Å². The number of rotatable bonds is 1. The number of carbonyl (C=O) groups is 1. The van der Waals surface area contributed by atoms with Crippen LogP contribution in [0.3, 0.4) is 0 Å². The second-order valence-electron chi connectivity index (χ2n) is 6.95. The maximum Gasteiger partial charge on any atom is 0.163 e. The van der Waals surface area contributed by atoms with Gasteiger partial charge in [0.2, 0.25) is 0 Å². The lowest BCUT2D eigenvalue weighted by Crippen LogP contribution is -2.28. The Kier molecular flexibility index (Phi) is 3.67. The summed E-state index contributed by atoms with van der Waals surface area (Å²) in [6.45, 7) is 0.880. The van der Waals surface area contributed by atoms with E-state index >= 15 is 0 Å². The van der Waals surface area contributed by atoms with Crippen molar-refractivity contribution in [2.75, 3.05) is 18.5 Å². The fourth-order valence-corrected chi connectivity index (χ4v) is 4.16. The number of halogens is 2. The highest BCUT2D eigenvalue weighted by Crippen LogP contribution is 2.49. The quantitative estimate of drug-likeness (QED) is 0.814. The summed E-state index contributed by atoms with van der Waals surface area (Å²) in [5.41, 5.74) is 2.90. The van der Waals surface area contributed by atoms with Gasteiger partial charge in [-0.25, -0.2) is 8.78 Å². The van der Waals surface area contributed by atoms with Crippen molar-refractivity contribution in [3.63, 3.8) is 0 Å². The third kappa shape index (κ3) is 2.51. The molecule has 27 heavy (non-hydrogen) atoms. The summed E-state index contributed by atoms with van der Waals surface area (Å²) in [5, 5.41) is 3.32. The van der Waals surface area contributed by atoms with E-state index in [1.54, 1.807) is 12.1 Å². The third-order valence-electron chi connectivity index (χ3n) is 5.35. The van der Waals surface area contributed by atoms with Gasteiger partial charge in [-0.2, -0.15) is 0 Å². The number of Topliss-reactive ketones (excluding diaryl/α,β-unsaturated/α-hetero) is 1. The van der Waals surface area contributed by atoms with Crippen molar-refractivity contribution < 1.29 is 23.0 Å². The molecule has 0 fully saturated rings. The van der Waals surface area contributed by atoms with Crippen molar-refractivity contribution in [3.8, 4) is 11.5 Å². The van der Waals surface area contributed by atoms with Gasteiger partial charge < -0.3 is 14.8 Å². The number of ether oxygens (including phenoxy) is 2. The van der Waals surface area contributed by atoms with Crippen LogP contribution in [0.1, 0.15) is 36.3 Å². The molecule has 0 radical (unpaired) electrons. The van der Waals surface area contributed by atoms with Crippen LogP contribution in [0.4, 0.5) is 14.5 Å². The fraction of sp³-hybridized carbons (Fsp3) is 0.286. The predicted molar refractivity (Wildman–Crippen MR) is 95.1 cm³/mol. The van der Waals surface area contributed by atoms with Crippen molar-refractivity contribution in [2.24, 2.45) is 0 Å². The molecule has 0 saturated carbocycles. The minimum Gasteiger partial charge on any atom is -0.486 e. The summed E-state index contributed by atoms with van der Waals surface area (Å²) in [4.78, 5) is 12.7. The van der Waals surface area contributed by atoms with Crippen LogP contribution >= 0.6 is 0 Å². The number of ketones is 1. The maximum atomic E-state index is 14.7. The van der Waals surface area contributed by atoms with Gasteiger partial charge in [0.1, 0.15) is 13.2 Å². The van der Waals surface area contributed by atoms with Gasteiger partial charge in [0.15, 0.2) is 28.9 Å². The zero-order valence-electron chi connectivity index (χ0n) is 14.5. The van der Waals surface area contributed by atoms with E-state index in [-0.39, 0.29) is 11.3 Å². The van der Waals surface area contributed by atoms with Crippen LogP contribution < -0.4 is 14.8 Å². The summed E-state index contributed by atoms with van der Waals surface area (Å²) in [5.74, 6) is -1.38. The number of benzene rings is 2. The second-order valence-corrected chi connectivity index (χ2v) is 6.95. The van der Waals surface area contributed by atoms with Crippen LogP contribution in [0.2, 0.25) is 0 Å². The summed E-state index contributed by atoms with van der Waals surface area (Å²) in [6.07, 6.45) is 1.85. The second kappa shape index (κ2) is 6.08. The number of hydrogen-bond donors (Lipinski definition) is 1. The highest BCUT2D eigenvalue weighted by atomic mass is 19.2. The van der Waals surface area contributed by atoms with E-state index in [1.807, 2.05) is 6.07 Å². The van der Waals surface area contributed by atoms with Crippen LogP contribution in [-0.4, -0.2) is 19.0 Å². The number of hydrogen-bond acceptors (Lipinski definition) is 4. The van der Waals surface area contributed by atoms with E-state index in [0.717, 1.165) is 23.9 Å². The Labute approximate surface area is 154 Å². The standard InChI is InChI=1S/C21H17F2NO3/c22-13-4-1-3-11(21(13)23)19-12-9-17-18(27-8-7-26-17)10-15(12)24-14-5-2-6-16(25)20(14)19/h1,3-4,9-10,19,24H,2,5-8H2. The molecule has 0 bridgehead atoms. The first-order valence-electron chi connectivity index (χ1n) is 9.04. The number of nitrogens with one attached hydrogen (secondary N) is 1. The predicted octanol–water partition coefficient (Wildman–Crippen LogP) is 4.30. The molecule has 0 aromatic heterocycles. The maximum absolute atomic E-state index is 14.7. The van der Waals surface area contributed by atoms with E-state index in [2.05, 4.69) is 5.32 Å². The lowest BCUT2D eigenvalue weighted by molar-refractivity contribution is -0.116. The molecule has 1 unspecified atom stereocenters. The zero-order chi connectivity index (χ0) is 18.5. The van der Waals surface area contributed by atoms with Gasteiger partial charge in [0.25, 0.3) is 0 Å². The molecule has 0 spiro atoms. The Balaban J connectivity index is 1.76. The summed E-state index contributed by atoms with van der Waals surface area (Å²) < 4.78 is 40.0. The topological polar surface area (TPSA) is 47.6 Å². The van der Waals surface area contributed by atoms with Crippen molar-refractivity contribution in [3.05, 3.63) is 64.4 Å². The van der Waals surface area contributed by atoms with Gasteiger partial charge in [-0.3, -0.25) is 4.79 Å². The molecule has 138 valence electrons. The van der Waals surface area contributed by atoms with Crippen LogP contribution in [0.25, 0.3) is 0 Å². The average Bonchev–Trinajstić information content (AvgIpc) is 2.67. The molecular formula is C21H17F2NO3. The molecule has 0 amide bonds. The average molecular weight is 369 g/mol. The lowest BCUT2D eigenvalue weighted by atomic mass is 9.75. The Hall–Kier alpha value is -2.89. The molecule has 2 aromatic carbocycles. The molecule has 2 aliphatic heterocycles. The Morgan fingerprint density at radius 2 is 1.78 bits per heavy atom. The van der Waals surface area contributed by atoms with Gasteiger partial charge in [0, 0.05) is 40.9 Å². The molecule has 0 saturated heterocycles. The van der Waals surface area contributed by atoms with Gasteiger partial charge >= 0.3 is 0 Å². The van der Waals surface area contributed by atoms with Crippen molar-refractivity contribution >= 4 is 11.5 Å². The molecule has 1 atom stereocenters. The first-order valence-corrected chi connectivity index (χ1v) is 9.04. The molecule has 4 nitrogen and oxygen atoms in total. The van der Waals surface area contributed by atoms with Crippen molar-refractivity contribution in [2.45, 2.75) is 25.2 Å². The van der Waals surface area contributed by atoms with Crippen molar-refractivity contribution in [1.29, 1.82) is 0 Å². The van der Waals surface area contributed by atoms with Crippen LogP contribution in [0.15, 0.2) is 41.6 Å². The van der Waals surface area contributed by atoms with Gasteiger partial charge in [-0.15, -0.1) is 0 Å². The number of carbonyl (C=O) groups excluding carboxylic acids is 1. The highest BCUT2D eigenvalue weighted by Gasteiger charge is 2.37. The molecule has 3 aliphatic rings. The minimum atomic E-state index is -0.921. The highest BCUT2D eigenvalue weighted by molar-refractivity contribution is 6.01. The van der Waals surface area contributed by atoms with Crippen LogP contribution in [-0.2, 0) is 4.79 Å². The van der Waals surface area contributed by atoms with E-state index in [0.29, 0.717) is 48.7 Å². The number of allylic oxidation sites excluding steroid dienone is 2. The molecule has 1 aliphatic carbocycles. The molecular weight excluding hydrogens is 352 g/mol. The monoisotopic (exact) mass is 369 g/mol. The molecule has 5 rings (SSSR count). The first kappa shape index (κ1) is 16.3. The van der Waals surface area contributed by atoms with Crippen LogP contribution in [0.5, 0.6) is 11.5 Å². The first-order chi connectivity index (χ1) is 13.1. The third-order valence-corrected chi connectivity index (χ3v) is 5.35. The van der Waals surface area contributed by atoms with Gasteiger partial charge in [-0.1, -0.05) is 12.1 Å². The molecule has 2 aromatic rings. The molecule has 6 heteroatoms. The molecule has 2 heterocycles. The van der Waals surface area contributed by atoms with E-state index in [1.165, 1.54) is 6.07 Å². The Bertz CT molecular complexity index is 999. The lowest BCUT2D eigenvalue weighted by Gasteiger charge is -2.35. The largest absolute Gasteiger partial charge is 0.486 e. The number of anilines is 1. The molecule has 1 N–H and O–H groups in total. The van der Waals surface area contributed by atoms with Crippen LogP contribution in [0, 0.1) is 11.6 Å². The smallest absolute Gasteiger partial charge is 0.163 e. The SMILES string of the molecule is O=C1CCCC2=C1C(c1cccc(F)c1F)c1cc3c(cc1N2)OCCO3. The zero-order valence-corrected chi connectivity index (χ0v) is 14.5. The summed E-state index contributed by atoms with van der Waals surface area (Å²) >= 11 is 0. The fourth-order valence-electron chi connectivity index (χ4n) is 4.16. The van der Waals surface area contributed by atoms with Gasteiger partial charge in [-0.05, 0) is 30.5 Å². The number of fused-ring (bicyclic) bond motifs is 2. The van der Waals surface area contributed by atoms with E-state index in [4.69, 9.17) is 9.47 Å². The summed E-state index contributed by atoms with van der Waals surface area (Å²) in [7, 11) is 0. The van der Waals surface area contributed by atoms with E-state index < -0.39 is 17.6 Å². The van der Waals surface area contributed by atoms with Crippen molar-refractivity contribution in [1.82, 2.24) is 0 Å².